The van der Waals surface area contributed by atoms with Gasteiger partial charge >= 0.3 is 0 Å². The molecule has 2 heteroatoms. The molecule has 0 radical (unpaired) electrons. The molecule has 0 bridgehead atoms. The summed E-state index contributed by atoms with van der Waals surface area (Å²) in [6, 6.07) is 0. The average Bonchev–Trinajstić information content (AvgIpc) is 2.01. The van der Waals surface area contributed by atoms with E-state index in [1.807, 2.05) is 6.92 Å². The molecule has 2 atom stereocenters. The fraction of sp³-hybridized carbons (Fsp3) is 1.00. The Balaban J connectivity index is 3.22. The fourth-order valence-electron chi connectivity index (χ4n) is 0.810. The summed E-state index contributed by atoms with van der Waals surface area (Å²) in [7, 11) is 0. The molecule has 0 aliphatic carbocycles. The topological polar surface area (TPSA) is 29.5 Å². The van der Waals surface area contributed by atoms with Gasteiger partial charge in [0.2, 0.25) is 0 Å². The van der Waals surface area contributed by atoms with Crippen molar-refractivity contribution in [3.63, 3.8) is 0 Å². The van der Waals surface area contributed by atoms with E-state index in [9.17, 15) is 5.11 Å². The molecule has 0 aromatic heterocycles. The maximum Gasteiger partial charge on any atom is 0.0773 e. The van der Waals surface area contributed by atoms with Gasteiger partial charge < -0.3 is 9.84 Å². The third kappa shape index (κ3) is 6.32. The number of hydrogen-bond acceptors (Lipinski definition) is 2. The van der Waals surface area contributed by atoms with E-state index in [0.29, 0.717) is 6.61 Å². The first-order chi connectivity index (χ1) is 5.20. The van der Waals surface area contributed by atoms with Gasteiger partial charge in [-0.3, -0.25) is 0 Å². The standard InChI is InChI=1S/C9H20O2/c1-4-6-9(10)7-11-8(3)5-2/h8-10H,4-7H2,1-3H3. The average molecular weight is 160 g/mol. The molecule has 68 valence electrons. The van der Waals surface area contributed by atoms with Crippen molar-refractivity contribution >= 4 is 0 Å². The highest BCUT2D eigenvalue weighted by Gasteiger charge is 2.04. The quantitative estimate of drug-likeness (QED) is 0.643. The van der Waals surface area contributed by atoms with Gasteiger partial charge in [0.1, 0.15) is 0 Å². The Kier molecular flexibility index (Phi) is 6.57. The minimum absolute atomic E-state index is 0.269. The van der Waals surface area contributed by atoms with Gasteiger partial charge in [-0.2, -0.15) is 0 Å². The second-order valence-corrected chi connectivity index (χ2v) is 2.99. The van der Waals surface area contributed by atoms with Crippen LogP contribution in [0.1, 0.15) is 40.0 Å². The maximum absolute atomic E-state index is 9.27. The zero-order valence-electron chi connectivity index (χ0n) is 7.84. The molecule has 2 nitrogen and oxygen atoms in total. The summed E-state index contributed by atoms with van der Waals surface area (Å²) in [5.41, 5.74) is 0. The zero-order valence-corrected chi connectivity index (χ0v) is 7.84. The molecule has 0 aromatic rings. The first kappa shape index (κ1) is 10.9. The van der Waals surface area contributed by atoms with E-state index in [1.165, 1.54) is 0 Å². The van der Waals surface area contributed by atoms with Crippen molar-refractivity contribution in [3.05, 3.63) is 0 Å². The largest absolute Gasteiger partial charge is 0.391 e. The lowest BCUT2D eigenvalue weighted by atomic mass is 10.2. The minimum atomic E-state index is -0.269. The van der Waals surface area contributed by atoms with Gasteiger partial charge in [-0.15, -0.1) is 0 Å². The van der Waals surface area contributed by atoms with Crippen LogP contribution in [0.25, 0.3) is 0 Å². The van der Waals surface area contributed by atoms with Crippen LogP contribution < -0.4 is 0 Å². The summed E-state index contributed by atoms with van der Waals surface area (Å²) < 4.78 is 5.36. The van der Waals surface area contributed by atoms with E-state index in [0.717, 1.165) is 19.3 Å². The van der Waals surface area contributed by atoms with Crippen LogP contribution >= 0.6 is 0 Å². The van der Waals surface area contributed by atoms with Crippen LogP contribution in [0.3, 0.4) is 0 Å². The maximum atomic E-state index is 9.27. The molecular formula is C9H20O2. The van der Waals surface area contributed by atoms with Crippen molar-refractivity contribution in [3.8, 4) is 0 Å². The van der Waals surface area contributed by atoms with Crippen molar-refractivity contribution in [1.82, 2.24) is 0 Å². The van der Waals surface area contributed by atoms with E-state index in [2.05, 4.69) is 13.8 Å². The first-order valence-electron chi connectivity index (χ1n) is 4.50. The molecule has 0 aromatic carbocycles. The first-order valence-corrected chi connectivity index (χ1v) is 4.50. The third-order valence-electron chi connectivity index (χ3n) is 1.77. The van der Waals surface area contributed by atoms with Gasteiger partial charge in [0.25, 0.3) is 0 Å². The Hall–Kier alpha value is -0.0800. The SMILES string of the molecule is CCCC(O)COC(C)CC. The van der Waals surface area contributed by atoms with Crippen LogP contribution in [0.5, 0.6) is 0 Å². The number of aliphatic hydroxyl groups excluding tert-OH is 1. The minimum Gasteiger partial charge on any atom is -0.391 e. The fourth-order valence-corrected chi connectivity index (χ4v) is 0.810. The van der Waals surface area contributed by atoms with Gasteiger partial charge in [0.15, 0.2) is 0 Å². The molecule has 0 spiro atoms. The molecule has 0 aliphatic rings. The van der Waals surface area contributed by atoms with E-state index in [4.69, 9.17) is 4.74 Å². The predicted molar refractivity (Wildman–Crippen MR) is 46.6 cm³/mol. The van der Waals surface area contributed by atoms with E-state index in [-0.39, 0.29) is 12.2 Å². The lowest BCUT2D eigenvalue weighted by molar-refractivity contribution is -0.00585. The summed E-state index contributed by atoms with van der Waals surface area (Å²) in [5.74, 6) is 0. The zero-order chi connectivity index (χ0) is 8.69. The molecule has 0 aliphatic heterocycles. The second-order valence-electron chi connectivity index (χ2n) is 2.99. The molecule has 0 saturated carbocycles. The number of aliphatic hydroxyl groups is 1. The molecule has 11 heavy (non-hydrogen) atoms. The van der Waals surface area contributed by atoms with E-state index >= 15 is 0 Å². The molecule has 1 N–H and O–H groups in total. The van der Waals surface area contributed by atoms with Crippen molar-refractivity contribution in [2.75, 3.05) is 6.61 Å². The van der Waals surface area contributed by atoms with Gasteiger partial charge in [-0.05, 0) is 19.8 Å². The molecule has 0 rings (SSSR count). The predicted octanol–water partition coefficient (Wildman–Crippen LogP) is 1.96. The number of hydrogen-bond donors (Lipinski definition) is 1. The molecule has 0 fully saturated rings. The van der Waals surface area contributed by atoms with Gasteiger partial charge in [0, 0.05) is 0 Å². The number of rotatable bonds is 6. The summed E-state index contributed by atoms with van der Waals surface area (Å²) in [4.78, 5) is 0. The van der Waals surface area contributed by atoms with Crippen molar-refractivity contribution in [2.24, 2.45) is 0 Å². The molecule has 0 amide bonds. The van der Waals surface area contributed by atoms with Gasteiger partial charge in [-0.1, -0.05) is 20.3 Å². The van der Waals surface area contributed by atoms with E-state index < -0.39 is 0 Å². The lowest BCUT2D eigenvalue weighted by Gasteiger charge is -2.14. The van der Waals surface area contributed by atoms with Gasteiger partial charge in [0.05, 0.1) is 18.8 Å². The molecular weight excluding hydrogens is 140 g/mol. The lowest BCUT2D eigenvalue weighted by Crippen LogP contribution is -2.19. The van der Waals surface area contributed by atoms with Crippen LogP contribution in [-0.2, 0) is 4.74 Å². The van der Waals surface area contributed by atoms with Crippen LogP contribution in [0.15, 0.2) is 0 Å². The van der Waals surface area contributed by atoms with Crippen LogP contribution in [0, 0.1) is 0 Å². The summed E-state index contributed by atoms with van der Waals surface area (Å²) in [5, 5.41) is 9.27. The van der Waals surface area contributed by atoms with Gasteiger partial charge in [-0.25, -0.2) is 0 Å². The summed E-state index contributed by atoms with van der Waals surface area (Å²) in [6.07, 6.45) is 2.89. The third-order valence-corrected chi connectivity index (χ3v) is 1.77. The normalized spacial score (nSPS) is 16.4. The monoisotopic (exact) mass is 160 g/mol. The molecule has 0 heterocycles. The number of ether oxygens (including phenoxy) is 1. The Labute approximate surface area is 69.6 Å². The van der Waals surface area contributed by atoms with Crippen LogP contribution in [-0.4, -0.2) is 23.9 Å². The molecule has 2 unspecified atom stereocenters. The second kappa shape index (κ2) is 6.62. The van der Waals surface area contributed by atoms with Crippen LogP contribution in [0.4, 0.5) is 0 Å². The Morgan fingerprint density at radius 2 is 2.00 bits per heavy atom. The van der Waals surface area contributed by atoms with E-state index in [1.54, 1.807) is 0 Å². The highest BCUT2D eigenvalue weighted by atomic mass is 16.5. The Morgan fingerprint density at radius 1 is 1.36 bits per heavy atom. The highest BCUT2D eigenvalue weighted by molar-refractivity contribution is 4.53. The van der Waals surface area contributed by atoms with Crippen molar-refractivity contribution < 1.29 is 9.84 Å². The smallest absolute Gasteiger partial charge is 0.0773 e. The van der Waals surface area contributed by atoms with Crippen molar-refractivity contribution in [2.45, 2.75) is 52.2 Å². The summed E-state index contributed by atoms with van der Waals surface area (Å²) >= 11 is 0. The summed E-state index contributed by atoms with van der Waals surface area (Å²) in [6.45, 7) is 6.66. The Morgan fingerprint density at radius 3 is 2.45 bits per heavy atom. The van der Waals surface area contributed by atoms with Crippen molar-refractivity contribution in [1.29, 1.82) is 0 Å². The highest BCUT2D eigenvalue weighted by Crippen LogP contribution is 2.01. The molecule has 0 saturated heterocycles. The Bertz CT molecular complexity index is 83.6. The van der Waals surface area contributed by atoms with Crippen LogP contribution in [0.2, 0.25) is 0 Å².